The number of sulfonamides is 1. The van der Waals surface area contributed by atoms with Crippen molar-refractivity contribution in [1.82, 2.24) is 10.2 Å². The zero-order chi connectivity index (χ0) is 25.8. The molecule has 7 nitrogen and oxygen atoms in total. The van der Waals surface area contributed by atoms with Crippen molar-refractivity contribution in [3.8, 4) is 0 Å². The van der Waals surface area contributed by atoms with Crippen molar-refractivity contribution >= 4 is 50.7 Å². The van der Waals surface area contributed by atoms with E-state index in [1.54, 1.807) is 13.0 Å². The van der Waals surface area contributed by atoms with E-state index in [2.05, 4.69) is 5.32 Å². The molecule has 0 saturated carbocycles. The van der Waals surface area contributed by atoms with Crippen LogP contribution in [0.5, 0.6) is 0 Å². The first-order chi connectivity index (χ1) is 15.6. The third-order valence-corrected chi connectivity index (χ3v) is 6.92. The molecule has 0 aromatic heterocycles. The van der Waals surface area contributed by atoms with Crippen molar-refractivity contribution < 1.29 is 18.0 Å². The van der Waals surface area contributed by atoms with Gasteiger partial charge in [-0.1, -0.05) is 59.1 Å². The van der Waals surface area contributed by atoms with Gasteiger partial charge in [0, 0.05) is 12.1 Å². The first kappa shape index (κ1) is 28.0. The van der Waals surface area contributed by atoms with Gasteiger partial charge in [0.1, 0.15) is 12.6 Å². The first-order valence-electron chi connectivity index (χ1n) is 10.7. The summed E-state index contributed by atoms with van der Waals surface area (Å²) in [6, 6.07) is 11.3. The zero-order valence-electron chi connectivity index (χ0n) is 20.2. The van der Waals surface area contributed by atoms with Crippen molar-refractivity contribution in [2.75, 3.05) is 17.1 Å². The van der Waals surface area contributed by atoms with Gasteiger partial charge in [0.25, 0.3) is 0 Å². The number of hydrogen-bond acceptors (Lipinski definition) is 4. The van der Waals surface area contributed by atoms with E-state index in [4.69, 9.17) is 23.2 Å². The average molecular weight is 529 g/mol. The molecule has 1 atom stereocenters. The summed E-state index contributed by atoms with van der Waals surface area (Å²) in [7, 11) is -3.90. The fourth-order valence-corrected chi connectivity index (χ4v) is 4.65. The molecular formula is C24H31Cl2N3O4S. The van der Waals surface area contributed by atoms with Gasteiger partial charge < -0.3 is 10.2 Å². The number of carbonyl (C=O) groups is 2. The Bertz CT molecular complexity index is 1160. The number of rotatable bonds is 8. The third kappa shape index (κ3) is 7.61. The molecule has 0 radical (unpaired) electrons. The number of halogens is 2. The topological polar surface area (TPSA) is 86.8 Å². The molecule has 0 unspecified atom stereocenters. The minimum Gasteiger partial charge on any atom is -0.350 e. The maximum atomic E-state index is 13.5. The average Bonchev–Trinajstić information content (AvgIpc) is 2.70. The van der Waals surface area contributed by atoms with Crippen LogP contribution in [0.4, 0.5) is 5.69 Å². The van der Waals surface area contributed by atoms with Crippen LogP contribution in [0.3, 0.4) is 0 Å². The van der Waals surface area contributed by atoms with Crippen LogP contribution >= 0.6 is 23.2 Å². The summed E-state index contributed by atoms with van der Waals surface area (Å²) >= 11 is 12.3. The van der Waals surface area contributed by atoms with Gasteiger partial charge >= 0.3 is 0 Å². The van der Waals surface area contributed by atoms with Crippen LogP contribution in [0.15, 0.2) is 42.5 Å². The Hall–Kier alpha value is -2.29. The molecule has 2 aromatic rings. The summed E-state index contributed by atoms with van der Waals surface area (Å²) < 4.78 is 26.1. The highest BCUT2D eigenvalue weighted by molar-refractivity contribution is 7.92. The molecule has 1 N–H and O–H groups in total. The molecule has 0 aliphatic heterocycles. The fraction of sp³-hybridized carbons (Fsp3) is 0.417. The van der Waals surface area contributed by atoms with Gasteiger partial charge in [0.05, 0.1) is 22.0 Å². The highest BCUT2D eigenvalue weighted by Crippen LogP contribution is 2.33. The molecule has 0 fully saturated rings. The van der Waals surface area contributed by atoms with Crippen molar-refractivity contribution in [3.05, 3.63) is 63.6 Å². The van der Waals surface area contributed by atoms with E-state index < -0.39 is 34.1 Å². The van der Waals surface area contributed by atoms with Gasteiger partial charge in [-0.3, -0.25) is 13.9 Å². The first-order valence-corrected chi connectivity index (χ1v) is 13.3. The minimum atomic E-state index is -3.90. The van der Waals surface area contributed by atoms with E-state index in [1.807, 2.05) is 52.0 Å². The molecule has 0 heterocycles. The predicted molar refractivity (Wildman–Crippen MR) is 138 cm³/mol. The molecule has 34 heavy (non-hydrogen) atoms. The van der Waals surface area contributed by atoms with E-state index in [1.165, 1.54) is 17.0 Å². The molecule has 2 amide bonds. The number of carbonyl (C=O) groups excluding carboxylic acids is 2. The van der Waals surface area contributed by atoms with Gasteiger partial charge in [0.15, 0.2) is 0 Å². The van der Waals surface area contributed by atoms with E-state index >= 15 is 0 Å². The Morgan fingerprint density at radius 3 is 2.26 bits per heavy atom. The Morgan fingerprint density at radius 2 is 1.71 bits per heavy atom. The summed E-state index contributed by atoms with van der Waals surface area (Å²) in [4.78, 5) is 27.8. The lowest BCUT2D eigenvalue weighted by atomic mass is 10.1. The monoisotopic (exact) mass is 527 g/mol. The summed E-state index contributed by atoms with van der Waals surface area (Å²) in [5.41, 5.74) is 1.40. The van der Waals surface area contributed by atoms with E-state index in [0.29, 0.717) is 0 Å². The maximum Gasteiger partial charge on any atom is 0.244 e. The largest absolute Gasteiger partial charge is 0.350 e. The highest BCUT2D eigenvalue weighted by atomic mass is 35.5. The summed E-state index contributed by atoms with van der Waals surface area (Å²) in [6.45, 7) is 8.66. The van der Waals surface area contributed by atoms with Gasteiger partial charge in [-0.05, 0) is 52.3 Å². The smallest absolute Gasteiger partial charge is 0.244 e. The van der Waals surface area contributed by atoms with Gasteiger partial charge in [-0.2, -0.15) is 0 Å². The Morgan fingerprint density at radius 1 is 1.09 bits per heavy atom. The van der Waals surface area contributed by atoms with Crippen molar-refractivity contribution in [2.24, 2.45) is 0 Å². The third-order valence-electron chi connectivity index (χ3n) is 4.98. The maximum absolute atomic E-state index is 13.5. The summed E-state index contributed by atoms with van der Waals surface area (Å²) in [5.74, 6) is -0.903. The van der Waals surface area contributed by atoms with Crippen LogP contribution in [-0.4, -0.2) is 49.5 Å². The Balaban J connectivity index is 2.45. The van der Waals surface area contributed by atoms with E-state index in [9.17, 15) is 18.0 Å². The molecule has 10 heteroatoms. The van der Waals surface area contributed by atoms with Crippen LogP contribution in [-0.2, 0) is 26.2 Å². The lowest BCUT2D eigenvalue weighted by Gasteiger charge is -2.33. The number of benzene rings is 2. The van der Waals surface area contributed by atoms with Crippen molar-refractivity contribution in [2.45, 2.75) is 52.7 Å². The zero-order valence-corrected chi connectivity index (χ0v) is 22.6. The fourth-order valence-electron chi connectivity index (χ4n) is 3.34. The van der Waals surface area contributed by atoms with Gasteiger partial charge in [0.2, 0.25) is 21.8 Å². The number of anilines is 1. The second-order valence-electron chi connectivity index (χ2n) is 9.27. The van der Waals surface area contributed by atoms with Crippen LogP contribution < -0.4 is 9.62 Å². The lowest BCUT2D eigenvalue weighted by Crippen LogP contribution is -2.54. The molecule has 2 aromatic carbocycles. The number of nitrogens with zero attached hydrogens (tertiary/aromatic N) is 2. The van der Waals surface area contributed by atoms with Crippen LogP contribution in [0, 0.1) is 6.92 Å². The molecule has 0 saturated heterocycles. The molecule has 186 valence electrons. The molecule has 0 aliphatic rings. The van der Waals surface area contributed by atoms with Crippen LogP contribution in [0.1, 0.15) is 38.8 Å². The van der Waals surface area contributed by atoms with Crippen LogP contribution in [0.2, 0.25) is 10.0 Å². The number of aryl methyl sites for hydroxylation is 1. The molecule has 2 rings (SSSR count). The van der Waals surface area contributed by atoms with Crippen molar-refractivity contribution in [3.63, 3.8) is 0 Å². The normalized spacial score (nSPS) is 12.7. The quantitative estimate of drug-likeness (QED) is 0.551. The van der Waals surface area contributed by atoms with Gasteiger partial charge in [-0.15, -0.1) is 0 Å². The Labute approximate surface area is 212 Å². The Kier molecular flexibility index (Phi) is 9.02. The van der Waals surface area contributed by atoms with Crippen molar-refractivity contribution in [1.29, 1.82) is 0 Å². The molecule has 0 aliphatic carbocycles. The minimum absolute atomic E-state index is 0.0196. The summed E-state index contributed by atoms with van der Waals surface area (Å²) in [6.07, 6.45) is 0.984. The predicted octanol–water partition coefficient (Wildman–Crippen LogP) is 4.40. The number of amides is 2. The van der Waals surface area contributed by atoms with E-state index in [-0.39, 0.29) is 28.2 Å². The molecular weight excluding hydrogens is 497 g/mol. The second kappa shape index (κ2) is 11.0. The van der Waals surface area contributed by atoms with Crippen LogP contribution in [0.25, 0.3) is 0 Å². The van der Waals surface area contributed by atoms with E-state index in [0.717, 1.165) is 21.7 Å². The lowest BCUT2D eigenvalue weighted by molar-refractivity contribution is -0.140. The SMILES string of the molecule is Cc1cccc(CN(C(=O)CN(c2cccc(Cl)c2Cl)S(C)(=O)=O)[C@H](C)C(=O)NC(C)(C)C)c1. The second-order valence-corrected chi connectivity index (χ2v) is 12.0. The molecule has 0 bridgehead atoms. The molecule has 0 spiro atoms. The number of nitrogens with one attached hydrogen (secondary N) is 1. The summed E-state index contributed by atoms with van der Waals surface area (Å²) in [5, 5.41) is 3.06. The van der Waals surface area contributed by atoms with Gasteiger partial charge in [-0.25, -0.2) is 8.42 Å². The standard InChI is InChI=1S/C24H31Cl2N3O4S/c1-16-9-7-10-18(13-16)14-28(17(2)23(31)27-24(3,4)5)21(30)15-29(34(6,32)33)20-12-8-11-19(25)22(20)26/h7-13,17H,14-15H2,1-6H3,(H,27,31)/t17-/m1/s1. The number of hydrogen-bond donors (Lipinski definition) is 1. The highest BCUT2D eigenvalue weighted by Gasteiger charge is 2.32.